The van der Waals surface area contributed by atoms with E-state index in [1.165, 1.54) is 31.2 Å². The molecule has 1 unspecified atom stereocenters. The molecule has 43 heavy (non-hydrogen) atoms. The van der Waals surface area contributed by atoms with Crippen LogP contribution in [0.15, 0.2) is 72.8 Å². The maximum atomic E-state index is 13.2. The molecule has 1 atom stereocenters. The minimum atomic E-state index is -0.999. The van der Waals surface area contributed by atoms with Gasteiger partial charge in [-0.25, -0.2) is 4.79 Å². The Kier molecular flexibility index (Phi) is 8.66. The Hall–Kier alpha value is -5.25. The minimum Gasteiger partial charge on any atom is -0.481 e. The van der Waals surface area contributed by atoms with E-state index in [0.717, 1.165) is 40.9 Å². The average molecular weight is 581 g/mol. The van der Waals surface area contributed by atoms with Gasteiger partial charge in [-0.15, -0.1) is 0 Å². The van der Waals surface area contributed by atoms with Crippen molar-refractivity contribution in [1.29, 1.82) is 0 Å². The lowest BCUT2D eigenvalue weighted by Gasteiger charge is -2.21. The molecule has 0 saturated carbocycles. The lowest BCUT2D eigenvalue weighted by molar-refractivity contribution is -0.136. The predicted molar refractivity (Wildman–Crippen MR) is 161 cm³/mol. The molecular formula is C33H32N4O6. The topological polar surface area (TPSA) is 145 Å². The van der Waals surface area contributed by atoms with E-state index < -0.39 is 29.9 Å². The Morgan fingerprint density at radius 2 is 1.56 bits per heavy atom. The van der Waals surface area contributed by atoms with Crippen LogP contribution in [0.4, 0.5) is 10.5 Å². The summed E-state index contributed by atoms with van der Waals surface area (Å²) in [7, 11) is 1.41. The van der Waals surface area contributed by atoms with Crippen LogP contribution in [0.3, 0.4) is 0 Å². The monoisotopic (exact) mass is 580 g/mol. The molecule has 1 heterocycles. The standard InChI is InChI=1S/C33H32N4O6/c1-37-31(41)26-16-15-25(19-27(26)32(37)42)35-33(43)36-29(22-9-7-21(8-10-22)20-5-3-2-4-6-20)23-11-13-24(14-12-23)30(40)34-18-17-28(38)39/h5,7-16,19,29H,2-4,6,17-18H2,1H3,(H,34,40)(H,38,39)(H2,35,36,43). The van der Waals surface area contributed by atoms with Gasteiger partial charge in [0.15, 0.2) is 0 Å². The molecule has 0 bridgehead atoms. The van der Waals surface area contributed by atoms with Gasteiger partial charge in [0.1, 0.15) is 0 Å². The zero-order valence-electron chi connectivity index (χ0n) is 23.7. The molecule has 220 valence electrons. The van der Waals surface area contributed by atoms with Gasteiger partial charge >= 0.3 is 12.0 Å². The van der Waals surface area contributed by atoms with E-state index in [9.17, 15) is 24.0 Å². The summed E-state index contributed by atoms with van der Waals surface area (Å²) in [5.74, 6) is -2.21. The van der Waals surface area contributed by atoms with Crippen molar-refractivity contribution in [2.24, 2.45) is 0 Å². The van der Waals surface area contributed by atoms with Gasteiger partial charge < -0.3 is 21.1 Å². The Bertz CT molecular complexity index is 1610. The second-order valence-corrected chi connectivity index (χ2v) is 10.6. The van der Waals surface area contributed by atoms with E-state index in [0.29, 0.717) is 11.3 Å². The van der Waals surface area contributed by atoms with Crippen molar-refractivity contribution in [2.45, 2.75) is 38.1 Å². The number of nitrogens with zero attached hydrogens (tertiary/aromatic N) is 1. The molecule has 4 N–H and O–H groups in total. The first-order valence-electron chi connectivity index (χ1n) is 14.1. The van der Waals surface area contributed by atoms with E-state index in [1.807, 2.05) is 24.3 Å². The first kappa shape index (κ1) is 29.2. The predicted octanol–water partition coefficient (Wildman–Crippen LogP) is 4.99. The highest BCUT2D eigenvalue weighted by Crippen LogP contribution is 2.30. The number of allylic oxidation sites excluding steroid dienone is 2. The lowest BCUT2D eigenvalue weighted by atomic mass is 9.91. The van der Waals surface area contributed by atoms with Crippen LogP contribution in [-0.4, -0.2) is 53.3 Å². The summed E-state index contributed by atoms with van der Waals surface area (Å²) in [5.41, 5.74) is 5.24. The summed E-state index contributed by atoms with van der Waals surface area (Å²) in [6.45, 7) is 0.0157. The van der Waals surface area contributed by atoms with Gasteiger partial charge in [0.25, 0.3) is 17.7 Å². The molecule has 5 rings (SSSR count). The number of carbonyl (C=O) groups is 5. The Morgan fingerprint density at radius 3 is 2.21 bits per heavy atom. The van der Waals surface area contributed by atoms with E-state index in [2.05, 4.69) is 22.0 Å². The van der Waals surface area contributed by atoms with Crippen LogP contribution in [0.1, 0.15) is 85.9 Å². The molecule has 1 aliphatic heterocycles. The number of imide groups is 1. The van der Waals surface area contributed by atoms with Gasteiger partial charge in [-0.3, -0.25) is 24.1 Å². The van der Waals surface area contributed by atoms with Crippen molar-refractivity contribution in [3.8, 4) is 0 Å². The molecule has 0 fully saturated rings. The SMILES string of the molecule is CN1C(=O)c2ccc(NC(=O)NC(c3ccc(C(=O)NCCC(=O)O)cc3)c3ccc(C4=CCCCC4)cc3)cc2C1=O. The number of amides is 5. The molecule has 10 nitrogen and oxygen atoms in total. The Balaban J connectivity index is 1.37. The highest BCUT2D eigenvalue weighted by molar-refractivity contribution is 6.21. The zero-order valence-corrected chi connectivity index (χ0v) is 23.7. The third kappa shape index (κ3) is 6.64. The summed E-state index contributed by atoms with van der Waals surface area (Å²) >= 11 is 0. The maximum absolute atomic E-state index is 13.2. The van der Waals surface area contributed by atoms with Crippen molar-refractivity contribution < 1.29 is 29.1 Å². The lowest BCUT2D eigenvalue weighted by Crippen LogP contribution is -2.33. The number of fused-ring (bicyclic) bond motifs is 1. The van der Waals surface area contributed by atoms with Crippen LogP contribution >= 0.6 is 0 Å². The molecule has 0 aromatic heterocycles. The highest BCUT2D eigenvalue weighted by Gasteiger charge is 2.33. The maximum Gasteiger partial charge on any atom is 0.319 e. The van der Waals surface area contributed by atoms with Gasteiger partial charge in [-0.05, 0) is 78.3 Å². The van der Waals surface area contributed by atoms with Crippen LogP contribution in [0.2, 0.25) is 0 Å². The second-order valence-electron chi connectivity index (χ2n) is 10.6. The third-order valence-electron chi connectivity index (χ3n) is 7.66. The van der Waals surface area contributed by atoms with Crippen molar-refractivity contribution in [1.82, 2.24) is 15.5 Å². The smallest absolute Gasteiger partial charge is 0.319 e. The number of hydrogen-bond donors (Lipinski definition) is 4. The summed E-state index contributed by atoms with van der Waals surface area (Å²) in [4.78, 5) is 62.1. The number of aliphatic carboxylic acids is 1. The van der Waals surface area contributed by atoms with Crippen LogP contribution in [0, 0.1) is 0 Å². The summed E-state index contributed by atoms with van der Waals surface area (Å²) in [6.07, 6.45) is 6.55. The van der Waals surface area contributed by atoms with E-state index in [-0.39, 0.29) is 30.0 Å². The number of carboxylic acids is 1. The number of rotatable bonds is 9. The molecule has 0 saturated heterocycles. The molecular weight excluding hydrogens is 548 g/mol. The number of carboxylic acid groups (broad SMARTS) is 1. The average Bonchev–Trinajstić information content (AvgIpc) is 3.23. The number of nitrogens with one attached hydrogen (secondary N) is 3. The Labute approximate surface area is 248 Å². The molecule has 3 aromatic rings. The molecule has 10 heteroatoms. The van der Waals surface area contributed by atoms with Crippen molar-refractivity contribution in [3.63, 3.8) is 0 Å². The van der Waals surface area contributed by atoms with Crippen LogP contribution in [-0.2, 0) is 4.79 Å². The Morgan fingerprint density at radius 1 is 0.884 bits per heavy atom. The van der Waals surface area contributed by atoms with Gasteiger partial charge in [0.2, 0.25) is 0 Å². The molecule has 5 amide bonds. The van der Waals surface area contributed by atoms with Crippen molar-refractivity contribution in [2.75, 3.05) is 18.9 Å². The highest BCUT2D eigenvalue weighted by atomic mass is 16.4. The number of hydrogen-bond acceptors (Lipinski definition) is 5. The fourth-order valence-electron chi connectivity index (χ4n) is 5.30. The van der Waals surface area contributed by atoms with Crippen LogP contribution < -0.4 is 16.0 Å². The van der Waals surface area contributed by atoms with Gasteiger partial charge in [0, 0.05) is 24.8 Å². The summed E-state index contributed by atoms with van der Waals surface area (Å²) < 4.78 is 0. The largest absolute Gasteiger partial charge is 0.481 e. The van der Waals surface area contributed by atoms with E-state index in [4.69, 9.17) is 5.11 Å². The van der Waals surface area contributed by atoms with Gasteiger partial charge in [-0.2, -0.15) is 0 Å². The molecule has 3 aromatic carbocycles. The molecule has 0 radical (unpaired) electrons. The van der Waals surface area contributed by atoms with E-state index >= 15 is 0 Å². The molecule has 1 aliphatic carbocycles. The van der Waals surface area contributed by atoms with E-state index in [1.54, 1.807) is 30.3 Å². The fourth-order valence-corrected chi connectivity index (χ4v) is 5.30. The molecule has 0 spiro atoms. The van der Waals surface area contributed by atoms with Crippen molar-refractivity contribution in [3.05, 3.63) is 106 Å². The normalized spacial score (nSPS) is 14.9. The first-order chi connectivity index (χ1) is 20.7. The first-order valence-corrected chi connectivity index (χ1v) is 14.1. The summed E-state index contributed by atoms with van der Waals surface area (Å²) in [6, 6.07) is 18.2. The number of benzene rings is 3. The minimum absolute atomic E-state index is 0.0157. The number of carbonyl (C=O) groups excluding carboxylic acids is 4. The number of anilines is 1. The second kappa shape index (κ2) is 12.7. The van der Waals surface area contributed by atoms with Gasteiger partial charge in [0.05, 0.1) is 23.6 Å². The fraction of sp³-hybridized carbons (Fsp3) is 0.242. The third-order valence-corrected chi connectivity index (χ3v) is 7.66. The quantitative estimate of drug-likeness (QED) is 0.263. The molecule has 2 aliphatic rings. The number of urea groups is 1. The zero-order chi connectivity index (χ0) is 30.5. The van der Waals surface area contributed by atoms with Crippen LogP contribution in [0.5, 0.6) is 0 Å². The van der Waals surface area contributed by atoms with Crippen molar-refractivity contribution >= 4 is 41.0 Å². The summed E-state index contributed by atoms with van der Waals surface area (Å²) in [5, 5.41) is 17.1. The van der Waals surface area contributed by atoms with Crippen LogP contribution in [0.25, 0.3) is 5.57 Å². The van der Waals surface area contributed by atoms with Gasteiger partial charge in [-0.1, -0.05) is 42.5 Å².